The van der Waals surface area contributed by atoms with Crippen molar-refractivity contribution in [2.75, 3.05) is 0 Å². The number of aldehydes is 1. The summed E-state index contributed by atoms with van der Waals surface area (Å²) < 4.78 is 11.2. The fourth-order valence-corrected chi connectivity index (χ4v) is 2.37. The zero-order valence-electron chi connectivity index (χ0n) is 12.6. The van der Waals surface area contributed by atoms with E-state index in [0.717, 1.165) is 19.1 Å². The average molecular weight is 268 g/mol. The minimum absolute atomic E-state index is 0.135. The second kappa shape index (κ2) is 8.49. The second-order valence-corrected chi connectivity index (χ2v) is 5.68. The number of hydrogen-bond acceptors (Lipinski definition) is 3. The lowest BCUT2D eigenvalue weighted by molar-refractivity contribution is -0.149. The van der Waals surface area contributed by atoms with Gasteiger partial charge in [0.15, 0.2) is 12.1 Å². The molecule has 1 aliphatic rings. The molecule has 1 fully saturated rings. The predicted molar refractivity (Wildman–Crippen MR) is 77.0 cm³/mol. The fourth-order valence-electron chi connectivity index (χ4n) is 2.37. The van der Waals surface area contributed by atoms with Crippen LogP contribution in [0.1, 0.15) is 65.7 Å². The van der Waals surface area contributed by atoms with Gasteiger partial charge in [0, 0.05) is 0 Å². The maximum atomic E-state index is 10.9. The summed E-state index contributed by atoms with van der Waals surface area (Å²) in [5.74, 6) is -0.635. The van der Waals surface area contributed by atoms with Crippen molar-refractivity contribution in [3.05, 3.63) is 12.2 Å². The van der Waals surface area contributed by atoms with Crippen molar-refractivity contribution in [1.29, 1.82) is 0 Å². The highest BCUT2D eigenvalue weighted by molar-refractivity contribution is 5.57. The van der Waals surface area contributed by atoms with Crippen molar-refractivity contribution >= 4 is 6.29 Å². The lowest BCUT2D eigenvalue weighted by atomic mass is 10.1. The molecule has 1 heterocycles. The Bertz CT molecular complexity index is 284. The van der Waals surface area contributed by atoms with Gasteiger partial charge in [-0.3, -0.25) is 0 Å². The molecule has 0 radical (unpaired) electrons. The molecule has 19 heavy (non-hydrogen) atoms. The summed E-state index contributed by atoms with van der Waals surface area (Å²) in [6.45, 7) is 5.93. The first-order chi connectivity index (χ1) is 9.09. The fraction of sp³-hybridized carbons (Fsp3) is 0.812. The third-order valence-corrected chi connectivity index (χ3v) is 3.37. The first-order valence-electron chi connectivity index (χ1n) is 7.55. The van der Waals surface area contributed by atoms with Crippen LogP contribution in [0.2, 0.25) is 0 Å². The number of carbonyl (C=O) groups excluding carboxylic acids is 1. The maximum absolute atomic E-state index is 10.9. The zero-order chi connectivity index (χ0) is 14.1. The quantitative estimate of drug-likeness (QED) is 0.360. The van der Waals surface area contributed by atoms with E-state index in [0.29, 0.717) is 0 Å². The molecule has 1 saturated heterocycles. The standard InChI is InChI=1S/C16H28O3/c1-4-5-6-7-8-9-10-11-12-14-15(13-17)19-16(2,3)18-14/h10-11,13-15H,4-9,12H2,1-3H3/b11-10+/t14-,15-/m0/s1. The van der Waals surface area contributed by atoms with Crippen molar-refractivity contribution in [2.24, 2.45) is 0 Å². The number of rotatable bonds is 9. The van der Waals surface area contributed by atoms with E-state index in [9.17, 15) is 4.79 Å². The minimum Gasteiger partial charge on any atom is -0.344 e. The molecule has 1 rings (SSSR count). The molecular formula is C16H28O3. The van der Waals surface area contributed by atoms with E-state index in [-0.39, 0.29) is 6.10 Å². The molecule has 0 aliphatic carbocycles. The Morgan fingerprint density at radius 1 is 1.05 bits per heavy atom. The van der Waals surface area contributed by atoms with Crippen LogP contribution in [0.5, 0.6) is 0 Å². The van der Waals surface area contributed by atoms with Gasteiger partial charge in [0.1, 0.15) is 6.10 Å². The van der Waals surface area contributed by atoms with Crippen LogP contribution in [0, 0.1) is 0 Å². The summed E-state index contributed by atoms with van der Waals surface area (Å²) in [6, 6.07) is 0. The van der Waals surface area contributed by atoms with Gasteiger partial charge in [-0.15, -0.1) is 0 Å². The van der Waals surface area contributed by atoms with E-state index in [1.165, 1.54) is 32.1 Å². The highest BCUT2D eigenvalue weighted by Gasteiger charge is 2.40. The first kappa shape index (κ1) is 16.4. The lowest BCUT2D eigenvalue weighted by Gasteiger charge is -2.16. The molecular weight excluding hydrogens is 240 g/mol. The lowest BCUT2D eigenvalue weighted by Crippen LogP contribution is -2.23. The monoisotopic (exact) mass is 268 g/mol. The molecule has 3 nitrogen and oxygen atoms in total. The third-order valence-electron chi connectivity index (χ3n) is 3.37. The number of unbranched alkanes of at least 4 members (excludes halogenated alkanes) is 5. The molecule has 0 aromatic heterocycles. The number of hydrogen-bond donors (Lipinski definition) is 0. The maximum Gasteiger partial charge on any atom is 0.164 e. The Labute approximate surface area is 117 Å². The van der Waals surface area contributed by atoms with Crippen molar-refractivity contribution in [2.45, 2.75) is 83.7 Å². The van der Waals surface area contributed by atoms with Gasteiger partial charge in [0.05, 0.1) is 6.10 Å². The average Bonchev–Trinajstić information content (AvgIpc) is 2.67. The molecule has 0 N–H and O–H groups in total. The molecule has 0 aromatic rings. The Balaban J connectivity index is 2.15. The Morgan fingerprint density at radius 3 is 2.47 bits per heavy atom. The van der Waals surface area contributed by atoms with Gasteiger partial charge >= 0.3 is 0 Å². The molecule has 0 bridgehead atoms. The summed E-state index contributed by atoms with van der Waals surface area (Å²) in [5, 5.41) is 0. The minimum atomic E-state index is -0.635. The summed E-state index contributed by atoms with van der Waals surface area (Å²) in [4.78, 5) is 10.9. The van der Waals surface area contributed by atoms with Gasteiger partial charge in [0.2, 0.25) is 0 Å². The van der Waals surface area contributed by atoms with Crippen LogP contribution in [0.15, 0.2) is 12.2 Å². The van der Waals surface area contributed by atoms with Crippen molar-refractivity contribution in [3.63, 3.8) is 0 Å². The number of ether oxygens (including phenoxy) is 2. The van der Waals surface area contributed by atoms with Crippen LogP contribution in [-0.4, -0.2) is 24.3 Å². The summed E-state index contributed by atoms with van der Waals surface area (Å²) in [7, 11) is 0. The number of allylic oxidation sites excluding steroid dienone is 1. The smallest absolute Gasteiger partial charge is 0.164 e. The van der Waals surface area contributed by atoms with Gasteiger partial charge in [-0.05, 0) is 33.1 Å². The largest absolute Gasteiger partial charge is 0.344 e. The van der Waals surface area contributed by atoms with E-state index in [1.807, 2.05) is 13.8 Å². The first-order valence-corrected chi connectivity index (χ1v) is 7.55. The molecule has 1 aliphatic heterocycles. The molecule has 0 spiro atoms. The highest BCUT2D eigenvalue weighted by atomic mass is 16.8. The Morgan fingerprint density at radius 2 is 1.79 bits per heavy atom. The molecule has 3 heteroatoms. The van der Waals surface area contributed by atoms with Crippen molar-refractivity contribution in [1.82, 2.24) is 0 Å². The van der Waals surface area contributed by atoms with E-state index < -0.39 is 11.9 Å². The van der Waals surface area contributed by atoms with Crippen LogP contribution < -0.4 is 0 Å². The van der Waals surface area contributed by atoms with E-state index >= 15 is 0 Å². The van der Waals surface area contributed by atoms with E-state index in [1.54, 1.807) is 0 Å². The molecule has 0 saturated carbocycles. The third kappa shape index (κ3) is 6.35. The normalized spacial score (nSPS) is 26.1. The van der Waals surface area contributed by atoms with Crippen LogP contribution in [0.3, 0.4) is 0 Å². The van der Waals surface area contributed by atoms with Crippen molar-refractivity contribution in [3.8, 4) is 0 Å². The van der Waals surface area contributed by atoms with Gasteiger partial charge in [0.25, 0.3) is 0 Å². The predicted octanol–water partition coefficient (Wildman–Crippen LogP) is 4.01. The Hall–Kier alpha value is -0.670. The molecule has 0 aromatic carbocycles. The second-order valence-electron chi connectivity index (χ2n) is 5.68. The summed E-state index contributed by atoms with van der Waals surface area (Å²) in [5.41, 5.74) is 0. The summed E-state index contributed by atoms with van der Waals surface area (Å²) in [6.07, 6.45) is 13.0. The zero-order valence-corrected chi connectivity index (χ0v) is 12.6. The topological polar surface area (TPSA) is 35.5 Å². The van der Waals surface area contributed by atoms with Gasteiger partial charge in [-0.1, -0.05) is 44.8 Å². The van der Waals surface area contributed by atoms with Crippen LogP contribution in [0.4, 0.5) is 0 Å². The van der Waals surface area contributed by atoms with Crippen LogP contribution in [0.25, 0.3) is 0 Å². The summed E-state index contributed by atoms with van der Waals surface area (Å²) >= 11 is 0. The molecule has 0 amide bonds. The van der Waals surface area contributed by atoms with Crippen molar-refractivity contribution < 1.29 is 14.3 Å². The van der Waals surface area contributed by atoms with E-state index in [2.05, 4.69) is 19.1 Å². The number of carbonyl (C=O) groups is 1. The molecule has 2 atom stereocenters. The van der Waals surface area contributed by atoms with Crippen LogP contribution >= 0.6 is 0 Å². The highest BCUT2D eigenvalue weighted by Crippen LogP contribution is 2.29. The Kier molecular flexibility index (Phi) is 7.32. The van der Waals surface area contributed by atoms with Gasteiger partial charge in [-0.2, -0.15) is 0 Å². The molecule has 0 unspecified atom stereocenters. The van der Waals surface area contributed by atoms with Gasteiger partial charge in [-0.25, -0.2) is 0 Å². The molecule has 110 valence electrons. The SMILES string of the molecule is CCCCCCC/C=C/C[C@@H]1OC(C)(C)O[C@H]1C=O. The van der Waals surface area contributed by atoms with Crippen LogP contribution in [-0.2, 0) is 14.3 Å². The van der Waals surface area contributed by atoms with E-state index in [4.69, 9.17) is 9.47 Å². The van der Waals surface area contributed by atoms with Gasteiger partial charge < -0.3 is 14.3 Å².